The number of aryl methyl sites for hydroxylation is 2. The molecule has 1 heterocycles. The molecule has 30 heavy (non-hydrogen) atoms. The van der Waals surface area contributed by atoms with Gasteiger partial charge >= 0.3 is 0 Å². The zero-order valence-corrected chi connectivity index (χ0v) is 16.8. The zero-order chi connectivity index (χ0) is 21.7. The van der Waals surface area contributed by atoms with Gasteiger partial charge in [-0.1, -0.05) is 35.5 Å². The molecule has 0 spiro atoms. The van der Waals surface area contributed by atoms with Crippen molar-refractivity contribution in [1.82, 2.24) is 31.1 Å². The van der Waals surface area contributed by atoms with Crippen molar-refractivity contribution in [2.75, 3.05) is 5.75 Å². The number of non-ortho nitro benzene ring substituents is 1. The fraction of sp³-hybridized carbons (Fsp3) is 0.167. The molecule has 11 nitrogen and oxygen atoms in total. The third-order valence-corrected chi connectivity index (χ3v) is 4.91. The average Bonchev–Trinajstić information content (AvgIpc) is 3.18. The summed E-state index contributed by atoms with van der Waals surface area (Å²) < 4.78 is 1.54. The molecular weight excluding hydrogens is 410 g/mol. The van der Waals surface area contributed by atoms with Crippen LogP contribution in [0.3, 0.4) is 0 Å². The first-order valence-corrected chi connectivity index (χ1v) is 9.66. The number of amides is 2. The number of hydrogen-bond acceptors (Lipinski definition) is 8. The predicted molar refractivity (Wildman–Crippen MR) is 108 cm³/mol. The van der Waals surface area contributed by atoms with Crippen molar-refractivity contribution in [2.45, 2.75) is 19.0 Å². The maximum atomic E-state index is 12.1. The van der Waals surface area contributed by atoms with Crippen molar-refractivity contribution >= 4 is 29.3 Å². The van der Waals surface area contributed by atoms with Crippen LogP contribution in [-0.2, 0) is 4.79 Å². The van der Waals surface area contributed by atoms with Gasteiger partial charge in [0.2, 0.25) is 11.1 Å². The first kappa shape index (κ1) is 20.9. The largest absolute Gasteiger partial charge is 0.272 e. The highest BCUT2D eigenvalue weighted by Crippen LogP contribution is 2.21. The van der Waals surface area contributed by atoms with Crippen LogP contribution in [0.25, 0.3) is 5.69 Å². The Balaban J connectivity index is 1.57. The van der Waals surface area contributed by atoms with Crippen LogP contribution in [0.1, 0.15) is 21.5 Å². The number of nitrogens with zero attached hydrogens (tertiary/aromatic N) is 5. The van der Waals surface area contributed by atoms with Crippen LogP contribution in [0.4, 0.5) is 5.69 Å². The lowest BCUT2D eigenvalue weighted by Gasteiger charge is -2.09. The minimum atomic E-state index is -0.669. The summed E-state index contributed by atoms with van der Waals surface area (Å²) in [4.78, 5) is 34.3. The van der Waals surface area contributed by atoms with E-state index in [4.69, 9.17) is 0 Å². The summed E-state index contributed by atoms with van der Waals surface area (Å²) in [6.07, 6.45) is 0. The van der Waals surface area contributed by atoms with Gasteiger partial charge in [0.05, 0.1) is 16.4 Å². The number of hydrazine groups is 1. The van der Waals surface area contributed by atoms with E-state index in [1.54, 1.807) is 0 Å². The molecule has 0 fully saturated rings. The number of hydrogen-bond donors (Lipinski definition) is 2. The Hall–Kier alpha value is -3.80. The molecule has 0 aliphatic carbocycles. The third-order valence-electron chi connectivity index (χ3n) is 3.99. The first-order chi connectivity index (χ1) is 14.3. The second kappa shape index (κ2) is 9.13. The molecule has 0 unspecified atom stereocenters. The molecule has 154 valence electrons. The van der Waals surface area contributed by atoms with E-state index in [-0.39, 0.29) is 17.0 Å². The number of rotatable bonds is 6. The quantitative estimate of drug-likeness (QED) is 0.344. The molecule has 2 N–H and O–H groups in total. The fourth-order valence-corrected chi connectivity index (χ4v) is 3.27. The highest BCUT2D eigenvalue weighted by Gasteiger charge is 2.15. The summed E-state index contributed by atoms with van der Waals surface area (Å²) >= 11 is 1.10. The van der Waals surface area contributed by atoms with Crippen molar-refractivity contribution in [1.29, 1.82) is 0 Å². The molecule has 0 bridgehead atoms. The Morgan fingerprint density at radius 2 is 1.97 bits per heavy atom. The minimum Gasteiger partial charge on any atom is -0.272 e. The summed E-state index contributed by atoms with van der Waals surface area (Å²) in [6.45, 7) is 3.92. The van der Waals surface area contributed by atoms with Crippen LogP contribution >= 0.6 is 11.8 Å². The number of tetrazole rings is 1. The molecule has 0 saturated heterocycles. The zero-order valence-electron chi connectivity index (χ0n) is 16.0. The van der Waals surface area contributed by atoms with E-state index in [0.29, 0.717) is 5.16 Å². The van der Waals surface area contributed by atoms with Gasteiger partial charge < -0.3 is 0 Å². The van der Waals surface area contributed by atoms with Crippen LogP contribution in [0, 0.1) is 24.0 Å². The number of thioether (sulfide) groups is 1. The van der Waals surface area contributed by atoms with Crippen LogP contribution in [0.2, 0.25) is 0 Å². The van der Waals surface area contributed by atoms with Gasteiger partial charge in [0, 0.05) is 17.7 Å². The predicted octanol–water partition coefficient (Wildman–Crippen LogP) is 1.74. The lowest BCUT2D eigenvalue weighted by Crippen LogP contribution is -2.42. The van der Waals surface area contributed by atoms with Crippen LogP contribution < -0.4 is 10.9 Å². The first-order valence-electron chi connectivity index (χ1n) is 8.67. The number of carbonyl (C=O) groups is 2. The summed E-state index contributed by atoms with van der Waals surface area (Å²) in [5, 5.41) is 22.8. The maximum absolute atomic E-state index is 12.1. The van der Waals surface area contributed by atoms with E-state index in [9.17, 15) is 19.7 Å². The third kappa shape index (κ3) is 4.97. The van der Waals surface area contributed by atoms with Crippen molar-refractivity contribution in [3.63, 3.8) is 0 Å². The van der Waals surface area contributed by atoms with Gasteiger partial charge in [0.1, 0.15) is 0 Å². The van der Waals surface area contributed by atoms with Gasteiger partial charge in [-0.05, 0) is 42.0 Å². The molecule has 2 aromatic carbocycles. The van der Waals surface area contributed by atoms with Crippen LogP contribution in [0.5, 0.6) is 0 Å². The molecule has 0 radical (unpaired) electrons. The molecule has 0 atom stereocenters. The van der Waals surface area contributed by atoms with E-state index < -0.39 is 16.7 Å². The van der Waals surface area contributed by atoms with E-state index in [1.807, 2.05) is 32.0 Å². The number of carbonyl (C=O) groups excluding carboxylic acids is 2. The van der Waals surface area contributed by atoms with Gasteiger partial charge in [-0.25, -0.2) is 0 Å². The van der Waals surface area contributed by atoms with Crippen molar-refractivity contribution in [3.05, 3.63) is 69.3 Å². The Bertz CT molecular complexity index is 1120. The molecule has 12 heteroatoms. The lowest BCUT2D eigenvalue weighted by molar-refractivity contribution is -0.384. The molecule has 0 aliphatic heterocycles. The second-order valence-corrected chi connectivity index (χ2v) is 7.20. The highest BCUT2D eigenvalue weighted by molar-refractivity contribution is 7.99. The van der Waals surface area contributed by atoms with Gasteiger partial charge in [-0.15, -0.1) is 5.10 Å². The van der Waals surface area contributed by atoms with Crippen molar-refractivity contribution < 1.29 is 14.5 Å². The Morgan fingerprint density at radius 1 is 1.17 bits per heavy atom. The van der Waals surface area contributed by atoms with E-state index >= 15 is 0 Å². The van der Waals surface area contributed by atoms with E-state index in [1.165, 1.54) is 22.9 Å². The second-order valence-electron chi connectivity index (χ2n) is 6.26. The topological polar surface area (TPSA) is 145 Å². The van der Waals surface area contributed by atoms with E-state index in [0.717, 1.165) is 34.6 Å². The molecular formula is C18H17N7O4S. The summed E-state index contributed by atoms with van der Waals surface area (Å²) in [5.41, 5.74) is 7.21. The maximum Gasteiger partial charge on any atom is 0.270 e. The number of nitrogens with one attached hydrogen (secondary N) is 2. The number of benzene rings is 2. The van der Waals surface area contributed by atoms with Crippen molar-refractivity contribution in [3.8, 4) is 5.69 Å². The number of nitro groups is 1. The minimum absolute atomic E-state index is 0.0518. The summed E-state index contributed by atoms with van der Waals surface area (Å²) in [7, 11) is 0. The van der Waals surface area contributed by atoms with Crippen molar-refractivity contribution in [2.24, 2.45) is 0 Å². The Kier molecular flexibility index (Phi) is 6.37. The summed E-state index contributed by atoms with van der Waals surface area (Å²) in [5.74, 6) is -1.22. The standard InChI is InChI=1S/C18H17N7O4S/c1-11-6-7-15(12(2)8-11)24-18(21-22-23-24)30-10-16(26)19-20-17(27)13-4-3-5-14(9-13)25(28)29/h3-9H,10H2,1-2H3,(H,19,26)(H,20,27). The highest BCUT2D eigenvalue weighted by atomic mass is 32.2. The van der Waals surface area contributed by atoms with Gasteiger partial charge in [-0.2, -0.15) is 4.68 Å². The van der Waals surface area contributed by atoms with Gasteiger partial charge in [0.15, 0.2) is 0 Å². The molecule has 0 saturated carbocycles. The smallest absolute Gasteiger partial charge is 0.270 e. The van der Waals surface area contributed by atoms with Crippen LogP contribution in [0.15, 0.2) is 47.6 Å². The summed E-state index contributed by atoms with van der Waals surface area (Å²) in [6, 6.07) is 11.0. The molecule has 3 rings (SSSR count). The fourth-order valence-electron chi connectivity index (χ4n) is 2.59. The molecule has 2 amide bonds. The monoisotopic (exact) mass is 427 g/mol. The number of aromatic nitrogens is 4. The molecule has 3 aromatic rings. The lowest BCUT2D eigenvalue weighted by atomic mass is 10.1. The van der Waals surface area contributed by atoms with Crippen LogP contribution in [-0.4, -0.2) is 42.7 Å². The average molecular weight is 427 g/mol. The Morgan fingerprint density at radius 3 is 2.70 bits per heavy atom. The SMILES string of the molecule is Cc1ccc(-n2nnnc2SCC(=O)NNC(=O)c2cccc([N+](=O)[O-])c2)c(C)c1. The van der Waals surface area contributed by atoms with E-state index in [2.05, 4.69) is 26.4 Å². The Labute approximate surface area is 175 Å². The normalized spacial score (nSPS) is 10.5. The molecule has 0 aliphatic rings. The number of nitro benzene ring substituents is 1. The van der Waals surface area contributed by atoms with Gasteiger partial charge in [0.25, 0.3) is 11.6 Å². The van der Waals surface area contributed by atoms with Gasteiger partial charge in [-0.3, -0.25) is 30.6 Å². The molecule has 1 aromatic heterocycles.